The molecule has 2 heterocycles. The van der Waals surface area contributed by atoms with Gasteiger partial charge in [0.25, 0.3) is 5.91 Å². The van der Waals surface area contributed by atoms with Crippen molar-refractivity contribution in [3.05, 3.63) is 10.6 Å². The highest BCUT2D eigenvalue weighted by atomic mass is 32.2. The Hall–Kier alpha value is -1.65. The van der Waals surface area contributed by atoms with E-state index in [9.17, 15) is 13.2 Å². The molecule has 0 aliphatic rings. The molecule has 0 aliphatic carbocycles. The summed E-state index contributed by atoms with van der Waals surface area (Å²) in [5.74, 6) is -0.316. The second-order valence-electron chi connectivity index (χ2n) is 4.66. The lowest BCUT2D eigenvalue weighted by Crippen LogP contribution is -2.34. The van der Waals surface area contributed by atoms with Crippen molar-refractivity contribution in [2.24, 2.45) is 7.05 Å². The molecule has 0 aromatic carbocycles. The zero-order valence-corrected chi connectivity index (χ0v) is 13.6. The minimum absolute atomic E-state index is 0.135. The molecule has 1 amide bonds. The van der Waals surface area contributed by atoms with Crippen LogP contribution < -0.4 is 15.8 Å². The molecule has 0 radical (unpaired) electrons. The fourth-order valence-electron chi connectivity index (χ4n) is 1.99. The molecular formula is C11H17N5O3S2. The highest BCUT2D eigenvalue weighted by Crippen LogP contribution is 2.35. The maximum absolute atomic E-state index is 12.1. The number of aryl methyl sites for hydroxylation is 2. The maximum atomic E-state index is 12.1. The minimum atomic E-state index is -3.25. The molecule has 2 aromatic heterocycles. The summed E-state index contributed by atoms with van der Waals surface area (Å²) in [5.41, 5.74) is 7.20. The molecule has 0 saturated carbocycles. The van der Waals surface area contributed by atoms with Crippen molar-refractivity contribution in [1.29, 1.82) is 0 Å². The molecule has 2 aromatic rings. The van der Waals surface area contributed by atoms with E-state index < -0.39 is 10.0 Å². The van der Waals surface area contributed by atoms with Crippen LogP contribution in [-0.2, 0) is 17.1 Å². The van der Waals surface area contributed by atoms with Gasteiger partial charge in [-0.2, -0.15) is 5.10 Å². The first-order chi connectivity index (χ1) is 9.70. The van der Waals surface area contributed by atoms with Crippen LogP contribution >= 0.6 is 11.3 Å². The Morgan fingerprint density at radius 1 is 1.43 bits per heavy atom. The maximum Gasteiger partial charge on any atom is 0.263 e. The zero-order chi connectivity index (χ0) is 15.8. The quantitative estimate of drug-likeness (QED) is 0.656. The Bertz CT molecular complexity index is 790. The van der Waals surface area contributed by atoms with Crippen molar-refractivity contribution >= 4 is 43.2 Å². The number of hydrogen-bond donors (Lipinski definition) is 3. The molecular weight excluding hydrogens is 314 g/mol. The van der Waals surface area contributed by atoms with Gasteiger partial charge in [0.2, 0.25) is 10.0 Å². The average Bonchev–Trinajstić information content (AvgIpc) is 2.84. The molecule has 116 valence electrons. The van der Waals surface area contributed by atoms with Crippen molar-refractivity contribution < 1.29 is 13.2 Å². The van der Waals surface area contributed by atoms with E-state index in [4.69, 9.17) is 5.73 Å². The lowest BCUT2D eigenvalue weighted by Gasteiger charge is -2.05. The van der Waals surface area contributed by atoms with Crippen LogP contribution in [0, 0.1) is 6.92 Å². The molecule has 0 spiro atoms. The summed E-state index contributed by atoms with van der Waals surface area (Å²) in [5, 5.41) is 7.68. The zero-order valence-electron chi connectivity index (χ0n) is 11.9. The molecule has 21 heavy (non-hydrogen) atoms. The third-order valence-corrected chi connectivity index (χ3v) is 4.86. The second-order valence-corrected chi connectivity index (χ2v) is 7.49. The topological polar surface area (TPSA) is 119 Å². The Morgan fingerprint density at radius 2 is 2.10 bits per heavy atom. The number of nitrogens with one attached hydrogen (secondary N) is 2. The number of carbonyl (C=O) groups is 1. The van der Waals surface area contributed by atoms with E-state index in [1.807, 2.05) is 6.92 Å². The second kappa shape index (κ2) is 5.62. The molecule has 0 saturated heterocycles. The number of fused-ring (bicyclic) bond motifs is 1. The number of sulfonamides is 1. The first kappa shape index (κ1) is 15.7. The normalized spacial score (nSPS) is 12.0. The summed E-state index contributed by atoms with van der Waals surface area (Å²) in [6, 6.07) is 0. The number of nitrogens with zero attached hydrogens (tertiary/aromatic N) is 2. The number of hydrogen-bond acceptors (Lipinski definition) is 6. The summed E-state index contributed by atoms with van der Waals surface area (Å²) >= 11 is 1.27. The Balaban J connectivity index is 2.10. The number of rotatable bonds is 5. The number of nitrogen functional groups attached to an aromatic ring is 1. The van der Waals surface area contributed by atoms with Crippen molar-refractivity contribution in [2.75, 3.05) is 25.1 Å². The number of amides is 1. The van der Waals surface area contributed by atoms with Crippen molar-refractivity contribution in [1.82, 2.24) is 19.8 Å². The van der Waals surface area contributed by atoms with Crippen molar-refractivity contribution in [3.63, 3.8) is 0 Å². The smallest absolute Gasteiger partial charge is 0.263 e. The molecule has 0 aliphatic heterocycles. The number of carbonyl (C=O) groups excluding carboxylic acids is 1. The summed E-state index contributed by atoms with van der Waals surface area (Å²) in [4.78, 5) is 13.3. The van der Waals surface area contributed by atoms with Gasteiger partial charge in [0, 0.05) is 20.1 Å². The minimum Gasteiger partial charge on any atom is -0.397 e. The van der Waals surface area contributed by atoms with Crippen molar-refractivity contribution in [3.8, 4) is 0 Å². The van der Waals surface area contributed by atoms with E-state index in [1.54, 1.807) is 11.7 Å². The monoisotopic (exact) mass is 331 g/mol. The highest BCUT2D eigenvalue weighted by molar-refractivity contribution is 7.88. The van der Waals surface area contributed by atoms with Gasteiger partial charge in [-0.25, -0.2) is 13.1 Å². The van der Waals surface area contributed by atoms with Gasteiger partial charge in [-0.15, -0.1) is 11.3 Å². The van der Waals surface area contributed by atoms with Crippen LogP contribution in [0.5, 0.6) is 0 Å². The third-order valence-electron chi connectivity index (χ3n) is 2.86. The Morgan fingerprint density at radius 3 is 2.67 bits per heavy atom. The van der Waals surface area contributed by atoms with Gasteiger partial charge in [0.15, 0.2) is 0 Å². The van der Waals surface area contributed by atoms with Gasteiger partial charge in [-0.1, -0.05) is 0 Å². The van der Waals surface area contributed by atoms with E-state index in [2.05, 4.69) is 15.1 Å². The van der Waals surface area contributed by atoms with Gasteiger partial charge in [0.1, 0.15) is 9.71 Å². The first-order valence-corrected chi connectivity index (χ1v) is 8.86. The third kappa shape index (κ3) is 3.34. The fraction of sp³-hybridized carbons (Fsp3) is 0.455. The van der Waals surface area contributed by atoms with Gasteiger partial charge < -0.3 is 11.1 Å². The number of aromatic nitrogens is 2. The first-order valence-electron chi connectivity index (χ1n) is 6.15. The van der Waals surface area contributed by atoms with E-state index in [0.717, 1.165) is 22.2 Å². The summed E-state index contributed by atoms with van der Waals surface area (Å²) < 4.78 is 25.8. The SMILES string of the molecule is Cc1nn(C)c2sc(C(=O)NCCNS(C)(=O)=O)c(N)c12. The number of thiophene rings is 1. The molecule has 4 N–H and O–H groups in total. The predicted octanol–water partition coefficient (Wildman–Crippen LogP) is -0.196. The van der Waals surface area contributed by atoms with Crippen LogP contribution in [0.3, 0.4) is 0 Å². The lowest BCUT2D eigenvalue weighted by atomic mass is 10.2. The lowest BCUT2D eigenvalue weighted by molar-refractivity contribution is 0.0959. The Kier molecular flexibility index (Phi) is 4.21. The number of nitrogens with two attached hydrogens (primary N) is 1. The largest absolute Gasteiger partial charge is 0.397 e. The molecule has 0 fully saturated rings. The van der Waals surface area contributed by atoms with Crippen LogP contribution in [-0.4, -0.2) is 43.5 Å². The van der Waals surface area contributed by atoms with E-state index in [-0.39, 0.29) is 19.0 Å². The summed E-state index contributed by atoms with van der Waals surface area (Å²) in [6.07, 6.45) is 1.06. The van der Waals surface area contributed by atoms with Crippen LogP contribution in [0.2, 0.25) is 0 Å². The molecule has 2 rings (SSSR count). The highest BCUT2D eigenvalue weighted by Gasteiger charge is 2.20. The average molecular weight is 331 g/mol. The van der Waals surface area contributed by atoms with Gasteiger partial charge in [0.05, 0.1) is 23.0 Å². The number of anilines is 1. The van der Waals surface area contributed by atoms with E-state index >= 15 is 0 Å². The van der Waals surface area contributed by atoms with E-state index in [1.165, 1.54) is 11.3 Å². The van der Waals surface area contributed by atoms with Gasteiger partial charge in [-0.3, -0.25) is 9.48 Å². The van der Waals surface area contributed by atoms with Crippen molar-refractivity contribution in [2.45, 2.75) is 6.92 Å². The fourth-order valence-corrected chi connectivity index (χ4v) is 3.57. The molecule has 0 atom stereocenters. The van der Waals surface area contributed by atoms with Gasteiger partial charge in [-0.05, 0) is 6.92 Å². The molecule has 0 unspecified atom stereocenters. The molecule has 10 heteroatoms. The van der Waals surface area contributed by atoms with Gasteiger partial charge >= 0.3 is 0 Å². The standard InChI is InChI=1S/C11H17N5O3S2/c1-6-7-8(12)9(20-11(7)16(2)15-6)10(17)13-4-5-14-21(3,18)19/h14H,4-5,12H2,1-3H3,(H,13,17). The van der Waals surface area contributed by atoms with Crippen LogP contribution in [0.15, 0.2) is 0 Å². The molecule has 8 nitrogen and oxygen atoms in total. The Labute approximate surface area is 126 Å². The van der Waals surface area contributed by atoms with Crippen LogP contribution in [0.25, 0.3) is 10.2 Å². The van der Waals surface area contributed by atoms with Crippen LogP contribution in [0.4, 0.5) is 5.69 Å². The summed E-state index contributed by atoms with van der Waals surface area (Å²) in [7, 11) is -1.46. The predicted molar refractivity (Wildman–Crippen MR) is 82.9 cm³/mol. The van der Waals surface area contributed by atoms with Crippen LogP contribution in [0.1, 0.15) is 15.4 Å². The van der Waals surface area contributed by atoms with E-state index in [0.29, 0.717) is 10.6 Å². The molecule has 0 bridgehead atoms. The summed E-state index contributed by atoms with van der Waals surface area (Å²) in [6.45, 7) is 2.16.